The molecule has 23 heavy (non-hydrogen) atoms. The summed E-state index contributed by atoms with van der Waals surface area (Å²) in [5.41, 5.74) is 0.0925. The van der Waals surface area contributed by atoms with Gasteiger partial charge in [-0.25, -0.2) is 8.78 Å². The fourth-order valence-electron chi connectivity index (χ4n) is 2.95. The third-order valence-electron chi connectivity index (χ3n) is 4.02. The van der Waals surface area contributed by atoms with E-state index in [9.17, 15) is 18.7 Å². The number of likely N-dealkylation sites (tertiary alicyclic amines) is 1. The SMILES string of the molecule is CC1=C(C(=O)N2C[C@H](O)C[C@@H]2c2cc(F)ccc2F)SCCO1. The maximum atomic E-state index is 14.1. The number of nitrogens with zero attached hydrogens (tertiary/aromatic N) is 1. The van der Waals surface area contributed by atoms with Crippen LogP contribution in [0.15, 0.2) is 28.9 Å². The molecule has 124 valence electrons. The summed E-state index contributed by atoms with van der Waals surface area (Å²) < 4.78 is 32.9. The Morgan fingerprint density at radius 3 is 2.96 bits per heavy atom. The van der Waals surface area contributed by atoms with Crippen LogP contribution in [-0.2, 0) is 9.53 Å². The largest absolute Gasteiger partial charge is 0.496 e. The summed E-state index contributed by atoms with van der Waals surface area (Å²) in [6.45, 7) is 2.35. The Labute approximate surface area is 137 Å². The molecule has 3 rings (SSSR count). The zero-order valence-electron chi connectivity index (χ0n) is 12.6. The zero-order valence-corrected chi connectivity index (χ0v) is 13.4. The van der Waals surface area contributed by atoms with Gasteiger partial charge in [0.15, 0.2) is 0 Å². The highest BCUT2D eigenvalue weighted by Gasteiger charge is 2.39. The van der Waals surface area contributed by atoms with Gasteiger partial charge in [-0.15, -0.1) is 11.8 Å². The maximum absolute atomic E-state index is 14.1. The van der Waals surface area contributed by atoms with Gasteiger partial charge in [0.2, 0.25) is 0 Å². The Morgan fingerprint density at radius 2 is 2.22 bits per heavy atom. The van der Waals surface area contributed by atoms with Crippen molar-refractivity contribution in [1.82, 2.24) is 4.90 Å². The lowest BCUT2D eigenvalue weighted by Gasteiger charge is -2.28. The van der Waals surface area contributed by atoms with Crippen molar-refractivity contribution in [2.45, 2.75) is 25.5 Å². The van der Waals surface area contributed by atoms with E-state index in [1.807, 2.05) is 0 Å². The standard InChI is InChI=1S/C16H17F2NO3S/c1-9-15(23-5-4-22-9)16(21)19-8-11(20)7-14(19)12-6-10(17)2-3-13(12)18/h2-3,6,11,14,20H,4-5,7-8H2,1H3/t11-,14-/m1/s1. The predicted octanol–water partition coefficient (Wildman–Crippen LogP) is 2.59. The number of allylic oxidation sites excluding steroid dienone is 1. The van der Waals surface area contributed by atoms with Crippen LogP contribution in [0.2, 0.25) is 0 Å². The van der Waals surface area contributed by atoms with Gasteiger partial charge in [-0.05, 0) is 31.5 Å². The van der Waals surface area contributed by atoms with Crippen molar-refractivity contribution in [3.8, 4) is 0 Å². The summed E-state index contributed by atoms with van der Waals surface area (Å²) in [4.78, 5) is 14.6. The summed E-state index contributed by atoms with van der Waals surface area (Å²) in [6, 6.07) is 2.48. The number of ether oxygens (including phenoxy) is 1. The third-order valence-corrected chi connectivity index (χ3v) is 5.14. The van der Waals surface area contributed by atoms with Gasteiger partial charge in [0.1, 0.15) is 22.3 Å². The summed E-state index contributed by atoms with van der Waals surface area (Å²) >= 11 is 1.39. The molecule has 1 amide bonds. The third kappa shape index (κ3) is 3.21. The highest BCUT2D eigenvalue weighted by molar-refractivity contribution is 8.04. The molecule has 1 fully saturated rings. The number of hydrogen-bond acceptors (Lipinski definition) is 4. The minimum atomic E-state index is -0.762. The van der Waals surface area contributed by atoms with E-state index < -0.39 is 23.8 Å². The van der Waals surface area contributed by atoms with Crippen LogP contribution in [0, 0.1) is 11.6 Å². The number of halogens is 2. The molecule has 2 atom stereocenters. The highest BCUT2D eigenvalue weighted by atomic mass is 32.2. The quantitative estimate of drug-likeness (QED) is 0.898. The number of aliphatic hydroxyl groups is 1. The molecule has 1 aromatic rings. The van der Waals surface area contributed by atoms with Crippen molar-refractivity contribution in [3.05, 3.63) is 46.1 Å². The number of thioether (sulfide) groups is 1. The lowest BCUT2D eigenvalue weighted by molar-refractivity contribution is -0.127. The molecular weight excluding hydrogens is 324 g/mol. The first-order valence-electron chi connectivity index (χ1n) is 7.38. The second-order valence-electron chi connectivity index (χ2n) is 5.61. The number of carbonyl (C=O) groups excluding carboxylic acids is 1. The van der Waals surface area contributed by atoms with Gasteiger partial charge < -0.3 is 14.7 Å². The Morgan fingerprint density at radius 1 is 1.43 bits per heavy atom. The molecule has 1 saturated heterocycles. The number of hydrogen-bond donors (Lipinski definition) is 1. The normalized spacial score (nSPS) is 24.8. The van der Waals surface area contributed by atoms with Crippen LogP contribution in [0.1, 0.15) is 24.9 Å². The van der Waals surface area contributed by atoms with Gasteiger partial charge in [-0.2, -0.15) is 0 Å². The maximum Gasteiger partial charge on any atom is 0.264 e. The Hall–Kier alpha value is -1.60. The van der Waals surface area contributed by atoms with Crippen LogP contribution in [-0.4, -0.2) is 40.9 Å². The molecule has 7 heteroatoms. The number of carbonyl (C=O) groups is 1. The molecule has 2 heterocycles. The van der Waals surface area contributed by atoms with Crippen LogP contribution in [0.25, 0.3) is 0 Å². The zero-order chi connectivity index (χ0) is 16.6. The second kappa shape index (κ2) is 6.49. The molecule has 0 bridgehead atoms. The van der Waals surface area contributed by atoms with Crippen molar-refractivity contribution in [1.29, 1.82) is 0 Å². The first-order valence-corrected chi connectivity index (χ1v) is 8.36. The molecule has 1 N–H and O–H groups in total. The Bertz CT molecular complexity index is 665. The summed E-state index contributed by atoms with van der Waals surface area (Å²) in [5, 5.41) is 9.94. The van der Waals surface area contributed by atoms with E-state index in [0.29, 0.717) is 23.0 Å². The summed E-state index contributed by atoms with van der Waals surface area (Å²) in [7, 11) is 0. The van der Waals surface area contributed by atoms with E-state index >= 15 is 0 Å². The van der Waals surface area contributed by atoms with Crippen molar-refractivity contribution in [3.63, 3.8) is 0 Å². The number of amides is 1. The second-order valence-corrected chi connectivity index (χ2v) is 6.72. The van der Waals surface area contributed by atoms with Gasteiger partial charge in [0.05, 0.1) is 18.8 Å². The van der Waals surface area contributed by atoms with Gasteiger partial charge in [-0.1, -0.05) is 0 Å². The molecule has 0 unspecified atom stereocenters. The first-order chi connectivity index (χ1) is 11.0. The van der Waals surface area contributed by atoms with Gasteiger partial charge >= 0.3 is 0 Å². The van der Waals surface area contributed by atoms with Gasteiger partial charge in [0.25, 0.3) is 5.91 Å². The van der Waals surface area contributed by atoms with E-state index in [-0.39, 0.29) is 24.4 Å². The Kier molecular flexibility index (Phi) is 4.59. The monoisotopic (exact) mass is 341 g/mol. The molecular formula is C16H17F2NO3S. The fourth-order valence-corrected chi connectivity index (χ4v) is 3.83. The minimum Gasteiger partial charge on any atom is -0.496 e. The molecule has 2 aliphatic heterocycles. The number of benzene rings is 1. The molecule has 0 spiro atoms. The van der Waals surface area contributed by atoms with E-state index in [2.05, 4.69) is 0 Å². The minimum absolute atomic E-state index is 0.0925. The number of rotatable bonds is 2. The summed E-state index contributed by atoms with van der Waals surface area (Å²) in [5.74, 6) is -0.264. The lowest BCUT2D eigenvalue weighted by atomic mass is 10.0. The van der Waals surface area contributed by atoms with E-state index in [1.165, 1.54) is 16.7 Å². The van der Waals surface area contributed by atoms with Crippen LogP contribution in [0.3, 0.4) is 0 Å². The molecule has 4 nitrogen and oxygen atoms in total. The molecule has 0 saturated carbocycles. The van der Waals surface area contributed by atoms with Crippen LogP contribution >= 0.6 is 11.8 Å². The smallest absolute Gasteiger partial charge is 0.264 e. The van der Waals surface area contributed by atoms with Crippen molar-refractivity contribution < 1.29 is 23.4 Å². The molecule has 0 radical (unpaired) electrons. The topological polar surface area (TPSA) is 49.8 Å². The van der Waals surface area contributed by atoms with Crippen LogP contribution in [0.5, 0.6) is 0 Å². The van der Waals surface area contributed by atoms with E-state index in [0.717, 1.165) is 18.2 Å². The van der Waals surface area contributed by atoms with E-state index in [4.69, 9.17) is 4.74 Å². The lowest BCUT2D eigenvalue weighted by Crippen LogP contribution is -2.34. The van der Waals surface area contributed by atoms with E-state index in [1.54, 1.807) is 6.92 Å². The average molecular weight is 341 g/mol. The average Bonchev–Trinajstić information content (AvgIpc) is 2.91. The van der Waals surface area contributed by atoms with Crippen molar-refractivity contribution in [2.24, 2.45) is 0 Å². The predicted molar refractivity (Wildman–Crippen MR) is 82.5 cm³/mol. The highest BCUT2D eigenvalue weighted by Crippen LogP contribution is 2.37. The molecule has 2 aliphatic rings. The number of β-amino-alcohol motifs (C(OH)–C–C–N with tert-alkyl or cyclic N) is 1. The molecule has 0 aliphatic carbocycles. The van der Waals surface area contributed by atoms with Gasteiger partial charge in [0, 0.05) is 17.9 Å². The van der Waals surface area contributed by atoms with Crippen LogP contribution < -0.4 is 0 Å². The van der Waals surface area contributed by atoms with Crippen molar-refractivity contribution >= 4 is 17.7 Å². The van der Waals surface area contributed by atoms with Crippen LogP contribution in [0.4, 0.5) is 8.78 Å². The van der Waals surface area contributed by atoms with Crippen molar-refractivity contribution in [2.75, 3.05) is 18.9 Å². The summed E-state index contributed by atoms with van der Waals surface area (Å²) in [6.07, 6.45) is -0.578. The molecule has 1 aromatic carbocycles. The molecule has 0 aromatic heterocycles. The first kappa shape index (κ1) is 16.3. The fraction of sp³-hybridized carbons (Fsp3) is 0.438. The number of aliphatic hydroxyl groups excluding tert-OH is 1. The van der Waals surface area contributed by atoms with Gasteiger partial charge in [-0.3, -0.25) is 4.79 Å². The Balaban J connectivity index is 1.94.